The maximum absolute atomic E-state index is 13.7. The Balaban J connectivity index is 1.56. The highest BCUT2D eigenvalue weighted by molar-refractivity contribution is 5.94. The lowest BCUT2D eigenvalue weighted by molar-refractivity contribution is 0.0729. The van der Waals surface area contributed by atoms with E-state index in [0.29, 0.717) is 30.3 Å². The molecule has 0 fully saturated rings. The maximum atomic E-state index is 13.7. The van der Waals surface area contributed by atoms with Crippen molar-refractivity contribution in [2.75, 3.05) is 7.11 Å². The van der Waals surface area contributed by atoms with Gasteiger partial charge in [0.1, 0.15) is 11.5 Å². The molecule has 38 heavy (non-hydrogen) atoms. The Morgan fingerprint density at radius 1 is 0.763 bits per heavy atom. The van der Waals surface area contributed by atoms with E-state index in [9.17, 15) is 4.79 Å². The van der Waals surface area contributed by atoms with Gasteiger partial charge in [-0.15, -0.1) is 0 Å². The van der Waals surface area contributed by atoms with Crippen molar-refractivity contribution in [3.05, 3.63) is 138 Å². The summed E-state index contributed by atoms with van der Waals surface area (Å²) in [6, 6.07) is 36.6. The van der Waals surface area contributed by atoms with Gasteiger partial charge in [-0.3, -0.25) is 4.79 Å². The number of carbonyl (C=O) groups excluding carboxylic acids is 1. The third-order valence-electron chi connectivity index (χ3n) is 6.29. The van der Waals surface area contributed by atoms with E-state index in [1.807, 2.05) is 127 Å². The minimum atomic E-state index is -0.0586. The fourth-order valence-corrected chi connectivity index (χ4v) is 4.28. The van der Waals surface area contributed by atoms with E-state index in [4.69, 9.17) is 14.6 Å². The Bertz CT molecular complexity index is 1480. The average Bonchev–Trinajstić information content (AvgIpc) is 3.28. The highest BCUT2D eigenvalue weighted by Gasteiger charge is 2.24. The zero-order chi connectivity index (χ0) is 26.3. The number of carbonyl (C=O) groups is 1. The zero-order valence-electron chi connectivity index (χ0n) is 21.5. The molecule has 1 aromatic heterocycles. The molecule has 4 aromatic carbocycles. The molecule has 0 atom stereocenters. The molecule has 1 heterocycles. The number of aryl methyl sites for hydroxylation is 1. The van der Waals surface area contributed by atoms with Crippen LogP contribution in [-0.2, 0) is 13.1 Å². The topological polar surface area (TPSA) is 56.6 Å². The van der Waals surface area contributed by atoms with Crippen LogP contribution in [0.1, 0.15) is 27.2 Å². The number of rotatable bonds is 9. The van der Waals surface area contributed by atoms with Gasteiger partial charge in [-0.2, -0.15) is 5.10 Å². The Morgan fingerprint density at radius 3 is 1.97 bits per heavy atom. The molecule has 190 valence electrons. The quantitative estimate of drug-likeness (QED) is 0.221. The van der Waals surface area contributed by atoms with E-state index in [1.165, 1.54) is 0 Å². The van der Waals surface area contributed by atoms with Gasteiger partial charge in [0.15, 0.2) is 0 Å². The van der Waals surface area contributed by atoms with Crippen LogP contribution in [0.5, 0.6) is 17.4 Å². The lowest BCUT2D eigenvalue weighted by Crippen LogP contribution is -2.30. The van der Waals surface area contributed by atoms with Crippen LogP contribution in [0.25, 0.3) is 5.69 Å². The number of nitrogens with zero attached hydrogens (tertiary/aromatic N) is 3. The third kappa shape index (κ3) is 5.60. The number of benzene rings is 4. The molecule has 6 nitrogen and oxygen atoms in total. The summed E-state index contributed by atoms with van der Waals surface area (Å²) in [6.07, 6.45) is 0. The van der Waals surface area contributed by atoms with Crippen molar-refractivity contribution in [3.63, 3.8) is 0 Å². The average molecular weight is 504 g/mol. The summed E-state index contributed by atoms with van der Waals surface area (Å²) in [5.74, 6) is 1.90. The van der Waals surface area contributed by atoms with Crippen LogP contribution in [0.2, 0.25) is 0 Å². The Labute approximate surface area is 222 Å². The van der Waals surface area contributed by atoms with Crippen molar-refractivity contribution < 1.29 is 14.3 Å². The fraction of sp³-hybridized carbons (Fsp3) is 0.125. The first kappa shape index (κ1) is 24.8. The number of amides is 1. The van der Waals surface area contributed by atoms with Crippen LogP contribution < -0.4 is 9.47 Å². The van der Waals surface area contributed by atoms with E-state index in [2.05, 4.69) is 0 Å². The van der Waals surface area contributed by atoms with Crippen LogP contribution in [0.3, 0.4) is 0 Å². The van der Waals surface area contributed by atoms with Gasteiger partial charge in [-0.05, 0) is 61.0 Å². The molecule has 0 N–H and O–H groups in total. The number of ether oxygens (including phenoxy) is 2. The highest BCUT2D eigenvalue weighted by atomic mass is 16.5. The van der Waals surface area contributed by atoms with Crippen molar-refractivity contribution in [2.24, 2.45) is 0 Å². The van der Waals surface area contributed by atoms with Crippen molar-refractivity contribution in [3.8, 4) is 23.1 Å². The minimum absolute atomic E-state index is 0.0586. The van der Waals surface area contributed by atoms with E-state index >= 15 is 0 Å². The normalized spacial score (nSPS) is 10.7. The van der Waals surface area contributed by atoms with Crippen LogP contribution in [0.15, 0.2) is 115 Å². The molecule has 0 aliphatic rings. The van der Waals surface area contributed by atoms with Gasteiger partial charge < -0.3 is 14.4 Å². The Morgan fingerprint density at radius 2 is 1.34 bits per heavy atom. The summed E-state index contributed by atoms with van der Waals surface area (Å²) in [5.41, 5.74) is 4.17. The van der Waals surface area contributed by atoms with Gasteiger partial charge in [0, 0.05) is 12.1 Å². The van der Waals surface area contributed by atoms with Crippen molar-refractivity contribution in [1.82, 2.24) is 14.7 Å². The summed E-state index contributed by atoms with van der Waals surface area (Å²) in [5, 5.41) is 4.83. The number of methoxy groups -OCH3 is 1. The second-order valence-electron chi connectivity index (χ2n) is 8.91. The molecular weight excluding hydrogens is 474 g/mol. The minimum Gasteiger partial charge on any atom is -0.497 e. The SMILES string of the molecule is COc1ccc(Oc2c(CN(Cc3ccccc3)C(=O)c3ccccc3)c(C)nn2-c2ccccc2)cc1. The number of para-hydroxylation sites is 1. The van der Waals surface area contributed by atoms with E-state index < -0.39 is 0 Å². The standard InChI is InChI=1S/C32H29N3O3/c1-24-30(23-34(22-25-12-6-3-7-13-25)31(36)26-14-8-4-9-15-26)32(35(33-24)27-16-10-5-11-17-27)38-29-20-18-28(37-2)19-21-29/h3-21H,22-23H2,1-2H3. The molecule has 0 spiro atoms. The van der Waals surface area contributed by atoms with Gasteiger partial charge in [0.25, 0.3) is 5.91 Å². The summed E-state index contributed by atoms with van der Waals surface area (Å²) in [7, 11) is 1.63. The van der Waals surface area contributed by atoms with E-state index in [-0.39, 0.29) is 5.91 Å². The van der Waals surface area contributed by atoms with Crippen LogP contribution in [0, 0.1) is 6.92 Å². The van der Waals surface area contributed by atoms with Gasteiger partial charge in [-0.25, -0.2) is 4.68 Å². The fourth-order valence-electron chi connectivity index (χ4n) is 4.28. The lowest BCUT2D eigenvalue weighted by Gasteiger charge is -2.24. The number of hydrogen-bond acceptors (Lipinski definition) is 4. The smallest absolute Gasteiger partial charge is 0.254 e. The van der Waals surface area contributed by atoms with Crippen LogP contribution in [-0.4, -0.2) is 27.7 Å². The first-order chi connectivity index (χ1) is 18.6. The third-order valence-corrected chi connectivity index (χ3v) is 6.29. The van der Waals surface area contributed by atoms with Gasteiger partial charge in [0.2, 0.25) is 5.88 Å². The largest absolute Gasteiger partial charge is 0.497 e. The van der Waals surface area contributed by atoms with Gasteiger partial charge in [0.05, 0.1) is 30.6 Å². The monoisotopic (exact) mass is 503 g/mol. The summed E-state index contributed by atoms with van der Waals surface area (Å²) >= 11 is 0. The molecule has 0 radical (unpaired) electrons. The van der Waals surface area contributed by atoms with Crippen molar-refractivity contribution >= 4 is 5.91 Å². The number of hydrogen-bond donors (Lipinski definition) is 0. The van der Waals surface area contributed by atoms with Crippen LogP contribution in [0.4, 0.5) is 0 Å². The summed E-state index contributed by atoms with van der Waals surface area (Å²) in [6.45, 7) is 2.72. The Kier molecular flexibility index (Phi) is 7.50. The Hall–Kier alpha value is -4.84. The molecular formula is C32H29N3O3. The predicted molar refractivity (Wildman–Crippen MR) is 148 cm³/mol. The first-order valence-corrected chi connectivity index (χ1v) is 12.5. The lowest BCUT2D eigenvalue weighted by atomic mass is 10.1. The highest BCUT2D eigenvalue weighted by Crippen LogP contribution is 2.33. The predicted octanol–water partition coefficient (Wildman–Crippen LogP) is 6.82. The molecule has 0 unspecified atom stereocenters. The summed E-state index contributed by atoms with van der Waals surface area (Å²) < 4.78 is 13.6. The first-order valence-electron chi connectivity index (χ1n) is 12.5. The number of aromatic nitrogens is 2. The zero-order valence-corrected chi connectivity index (χ0v) is 21.5. The molecule has 5 aromatic rings. The second kappa shape index (κ2) is 11.5. The second-order valence-corrected chi connectivity index (χ2v) is 8.91. The van der Waals surface area contributed by atoms with E-state index in [0.717, 1.165) is 28.3 Å². The molecule has 5 rings (SSSR count). The van der Waals surface area contributed by atoms with Gasteiger partial charge >= 0.3 is 0 Å². The van der Waals surface area contributed by atoms with Crippen LogP contribution >= 0.6 is 0 Å². The molecule has 0 aliphatic carbocycles. The molecule has 0 aliphatic heterocycles. The molecule has 6 heteroatoms. The molecule has 1 amide bonds. The maximum Gasteiger partial charge on any atom is 0.254 e. The van der Waals surface area contributed by atoms with Crippen molar-refractivity contribution in [1.29, 1.82) is 0 Å². The van der Waals surface area contributed by atoms with Crippen molar-refractivity contribution in [2.45, 2.75) is 20.0 Å². The van der Waals surface area contributed by atoms with E-state index in [1.54, 1.807) is 11.8 Å². The molecule has 0 bridgehead atoms. The molecule has 0 saturated heterocycles. The summed E-state index contributed by atoms with van der Waals surface area (Å²) in [4.78, 5) is 15.6. The molecule has 0 saturated carbocycles. The van der Waals surface area contributed by atoms with Gasteiger partial charge in [-0.1, -0.05) is 66.7 Å².